The molecule has 1 unspecified atom stereocenters. The Balaban J connectivity index is 1.71. The van der Waals surface area contributed by atoms with Gasteiger partial charge in [-0.2, -0.15) is 9.47 Å². The summed E-state index contributed by atoms with van der Waals surface area (Å²) in [5.41, 5.74) is 2.91. The average Bonchev–Trinajstić information content (AvgIpc) is 3.40. The van der Waals surface area contributed by atoms with Crippen LogP contribution < -0.4 is 4.90 Å². The zero-order valence-electron chi connectivity index (χ0n) is 16.8. The summed E-state index contributed by atoms with van der Waals surface area (Å²) in [5, 5.41) is 16.1. The van der Waals surface area contributed by atoms with Crippen molar-refractivity contribution in [1.29, 1.82) is 0 Å². The molecule has 0 spiro atoms. The van der Waals surface area contributed by atoms with Crippen molar-refractivity contribution in [3.8, 4) is 11.4 Å². The first kappa shape index (κ1) is 21.0. The number of anilines is 1. The first-order valence-corrected chi connectivity index (χ1v) is 15.2. The third-order valence-corrected chi connectivity index (χ3v) is 8.98. The summed E-state index contributed by atoms with van der Waals surface area (Å²) in [6.45, 7) is 4.36. The van der Waals surface area contributed by atoms with Crippen molar-refractivity contribution in [3.63, 3.8) is 0 Å². The summed E-state index contributed by atoms with van der Waals surface area (Å²) in [7, 11) is 0. The molecule has 7 nitrogen and oxygen atoms in total. The van der Waals surface area contributed by atoms with Crippen LogP contribution in [0.4, 0.5) is 5.82 Å². The SMILES string of the molecule is C[C@@H]1COCCN1c1cc(C2(O)CCCCC2)c2snc(-c3ccnn3PI)c2n1. The third kappa shape index (κ3) is 3.66. The summed E-state index contributed by atoms with van der Waals surface area (Å²) in [6, 6.07) is 4.37. The maximum atomic E-state index is 11.7. The van der Waals surface area contributed by atoms with Crippen LogP contribution in [0.1, 0.15) is 44.6 Å². The van der Waals surface area contributed by atoms with E-state index in [1.54, 1.807) is 0 Å². The minimum absolute atomic E-state index is 0.244. The molecule has 1 saturated carbocycles. The zero-order valence-corrected chi connectivity index (χ0v) is 20.8. The molecule has 1 aliphatic heterocycles. The van der Waals surface area contributed by atoms with Gasteiger partial charge in [-0.3, -0.25) is 0 Å². The van der Waals surface area contributed by atoms with Gasteiger partial charge < -0.3 is 14.7 Å². The van der Waals surface area contributed by atoms with Gasteiger partial charge in [0, 0.05) is 18.3 Å². The molecule has 4 heterocycles. The monoisotopic (exact) mass is 557 g/mol. The molecule has 10 heteroatoms. The second-order valence-electron chi connectivity index (χ2n) is 8.16. The number of aliphatic hydroxyl groups is 1. The van der Waals surface area contributed by atoms with E-state index in [-0.39, 0.29) is 6.04 Å². The van der Waals surface area contributed by atoms with Crippen molar-refractivity contribution in [1.82, 2.24) is 18.9 Å². The van der Waals surface area contributed by atoms with E-state index in [1.807, 2.05) is 16.7 Å². The van der Waals surface area contributed by atoms with Gasteiger partial charge in [0.1, 0.15) is 17.0 Å². The van der Waals surface area contributed by atoms with Gasteiger partial charge in [0.05, 0.1) is 41.6 Å². The fourth-order valence-corrected chi connectivity index (χ4v) is 7.07. The van der Waals surface area contributed by atoms with E-state index in [0.29, 0.717) is 19.6 Å². The molecule has 0 amide bonds. The number of pyridine rings is 1. The number of aromatic nitrogens is 4. The first-order chi connectivity index (χ1) is 14.6. The number of nitrogens with zero attached hydrogens (tertiary/aromatic N) is 5. The van der Waals surface area contributed by atoms with E-state index in [9.17, 15) is 5.11 Å². The molecule has 2 fully saturated rings. The lowest BCUT2D eigenvalue weighted by Gasteiger charge is -2.36. The van der Waals surface area contributed by atoms with E-state index in [4.69, 9.17) is 14.1 Å². The molecule has 30 heavy (non-hydrogen) atoms. The topological polar surface area (TPSA) is 76.3 Å². The number of hydrogen-bond donors (Lipinski definition) is 1. The minimum Gasteiger partial charge on any atom is -0.385 e. The molecule has 0 radical (unpaired) electrons. The van der Waals surface area contributed by atoms with Gasteiger partial charge in [0.2, 0.25) is 0 Å². The van der Waals surface area contributed by atoms with Gasteiger partial charge in [-0.15, -0.1) is 0 Å². The minimum atomic E-state index is -0.807. The molecule has 1 aliphatic carbocycles. The quantitative estimate of drug-likeness (QED) is 0.370. The number of halogens is 1. The Morgan fingerprint density at radius 3 is 2.93 bits per heavy atom. The van der Waals surface area contributed by atoms with Crippen molar-refractivity contribution in [2.75, 3.05) is 24.7 Å². The van der Waals surface area contributed by atoms with E-state index in [1.165, 1.54) is 18.0 Å². The molecular formula is C20H25IN5O2PS. The maximum absolute atomic E-state index is 11.7. The second-order valence-corrected chi connectivity index (χ2v) is 11.0. The lowest BCUT2D eigenvalue weighted by atomic mass is 9.79. The van der Waals surface area contributed by atoms with Gasteiger partial charge in [-0.1, -0.05) is 19.3 Å². The van der Waals surface area contributed by atoms with Crippen LogP contribution >= 0.6 is 39.9 Å². The normalized spacial score (nSPS) is 22.4. The highest BCUT2D eigenvalue weighted by atomic mass is 127. The fraction of sp³-hybridized carbons (Fsp3) is 0.550. The maximum Gasteiger partial charge on any atom is 0.130 e. The van der Waals surface area contributed by atoms with Gasteiger partial charge in [0.15, 0.2) is 0 Å². The number of rotatable bonds is 4. The second kappa shape index (κ2) is 8.58. The predicted octanol–water partition coefficient (Wildman–Crippen LogP) is 4.72. The molecule has 2 atom stereocenters. The number of morpholine rings is 1. The summed E-state index contributed by atoms with van der Waals surface area (Å²) in [5.74, 6) is 0.914. The Kier molecular flexibility index (Phi) is 6.00. The van der Waals surface area contributed by atoms with Crippen molar-refractivity contribution < 1.29 is 9.84 Å². The Hall–Kier alpha value is -0.870. The van der Waals surface area contributed by atoms with Crippen LogP contribution in [-0.2, 0) is 10.3 Å². The van der Waals surface area contributed by atoms with Crippen LogP contribution in [-0.4, -0.2) is 49.8 Å². The molecule has 0 bridgehead atoms. The van der Waals surface area contributed by atoms with E-state index < -0.39 is 5.60 Å². The van der Waals surface area contributed by atoms with Crippen molar-refractivity contribution in [2.45, 2.75) is 50.7 Å². The van der Waals surface area contributed by atoms with Crippen LogP contribution in [0, 0.1) is 0 Å². The van der Waals surface area contributed by atoms with Gasteiger partial charge >= 0.3 is 0 Å². The third-order valence-electron chi connectivity index (χ3n) is 6.22. The van der Waals surface area contributed by atoms with Crippen LogP contribution in [0.25, 0.3) is 21.6 Å². The molecule has 0 aromatic carbocycles. The predicted molar refractivity (Wildman–Crippen MR) is 131 cm³/mol. The lowest BCUT2D eigenvalue weighted by molar-refractivity contribution is 0.000856. The molecule has 3 aromatic rings. The first-order valence-electron chi connectivity index (χ1n) is 10.4. The fourth-order valence-electron chi connectivity index (χ4n) is 4.59. The van der Waals surface area contributed by atoms with Gasteiger partial charge in [-0.05, 0) is 65.5 Å². The Labute approximate surface area is 194 Å². The smallest absolute Gasteiger partial charge is 0.130 e. The van der Waals surface area contributed by atoms with E-state index in [2.05, 4.69) is 45.0 Å². The Morgan fingerprint density at radius 1 is 1.33 bits per heavy atom. The van der Waals surface area contributed by atoms with Crippen LogP contribution in [0.2, 0.25) is 0 Å². The zero-order chi connectivity index (χ0) is 20.7. The summed E-state index contributed by atoms with van der Waals surface area (Å²) in [4.78, 5) is 7.40. The van der Waals surface area contributed by atoms with Crippen molar-refractivity contribution >= 4 is 56.0 Å². The molecule has 1 saturated heterocycles. The number of fused-ring (bicyclic) bond motifs is 1. The van der Waals surface area contributed by atoms with Gasteiger partial charge in [0.25, 0.3) is 0 Å². The highest BCUT2D eigenvalue weighted by Gasteiger charge is 2.36. The van der Waals surface area contributed by atoms with Crippen LogP contribution in [0.5, 0.6) is 0 Å². The molecule has 1 N–H and O–H groups in total. The molecule has 160 valence electrons. The van der Waals surface area contributed by atoms with Crippen LogP contribution in [0.3, 0.4) is 0 Å². The molecule has 5 rings (SSSR count). The average molecular weight is 557 g/mol. The van der Waals surface area contributed by atoms with Crippen LogP contribution in [0.15, 0.2) is 18.3 Å². The lowest BCUT2D eigenvalue weighted by Crippen LogP contribution is -2.44. The van der Waals surface area contributed by atoms with E-state index >= 15 is 0 Å². The standard InChI is InChI=1S/C20H25IN5O2PS/c1-13-12-28-10-9-25(13)16-11-14(20(27)6-3-2-4-7-20)19-18(23-16)17(24-30-19)15-5-8-22-26(15)29-21/h5,8,11,13,27,29H,2-4,6-7,9-10,12H2,1H3/t13-/m1/s1. The van der Waals surface area contributed by atoms with Gasteiger partial charge in [-0.25, -0.2) is 9.44 Å². The largest absolute Gasteiger partial charge is 0.385 e. The Morgan fingerprint density at radius 2 is 2.17 bits per heavy atom. The molecular weight excluding hydrogens is 532 g/mol. The van der Waals surface area contributed by atoms with E-state index in [0.717, 1.165) is 65.2 Å². The number of ether oxygens (including phenoxy) is 1. The number of hydrogen-bond acceptors (Lipinski definition) is 7. The Bertz CT molecular complexity index is 1050. The molecule has 3 aromatic heterocycles. The summed E-state index contributed by atoms with van der Waals surface area (Å²) in [6.07, 6.45) is 7.19. The molecule has 2 aliphatic rings. The van der Waals surface area contributed by atoms with Crippen molar-refractivity contribution in [2.24, 2.45) is 0 Å². The summed E-state index contributed by atoms with van der Waals surface area (Å²) < 4.78 is 13.4. The summed E-state index contributed by atoms with van der Waals surface area (Å²) >= 11 is 3.78. The van der Waals surface area contributed by atoms with Crippen molar-refractivity contribution in [3.05, 3.63) is 23.9 Å². The highest BCUT2D eigenvalue weighted by molar-refractivity contribution is 14.2. The highest BCUT2D eigenvalue weighted by Crippen LogP contribution is 2.45.